The van der Waals surface area contributed by atoms with E-state index in [-0.39, 0.29) is 5.56 Å². The van der Waals surface area contributed by atoms with Crippen molar-refractivity contribution in [2.24, 2.45) is 0 Å². The largest absolute Gasteiger partial charge is 0.497 e. The van der Waals surface area contributed by atoms with Crippen LogP contribution in [0.3, 0.4) is 0 Å². The highest BCUT2D eigenvalue weighted by Crippen LogP contribution is 2.32. The van der Waals surface area contributed by atoms with Crippen LogP contribution in [0.4, 0.5) is 0 Å². The molecule has 1 heterocycles. The van der Waals surface area contributed by atoms with Crippen molar-refractivity contribution in [3.63, 3.8) is 0 Å². The summed E-state index contributed by atoms with van der Waals surface area (Å²) < 4.78 is 6.17. The Morgan fingerprint density at radius 2 is 2.10 bits per heavy atom. The van der Waals surface area contributed by atoms with Gasteiger partial charge in [-0.25, -0.2) is 9.78 Å². The van der Waals surface area contributed by atoms with Gasteiger partial charge >= 0.3 is 5.97 Å². The first-order valence-electron chi connectivity index (χ1n) is 5.95. The Balaban J connectivity index is 2.10. The maximum Gasteiger partial charge on any atom is 0.335 e. The average molecular weight is 285 g/mol. The van der Waals surface area contributed by atoms with Gasteiger partial charge in [-0.15, -0.1) is 11.3 Å². The summed E-state index contributed by atoms with van der Waals surface area (Å²) in [7, 11) is 1.62. The summed E-state index contributed by atoms with van der Waals surface area (Å²) in [4.78, 5) is 15.5. The van der Waals surface area contributed by atoms with Crippen molar-refractivity contribution in [1.29, 1.82) is 0 Å². The molecule has 0 radical (unpaired) electrons. The topological polar surface area (TPSA) is 59.4 Å². The van der Waals surface area contributed by atoms with Gasteiger partial charge in [0.25, 0.3) is 0 Å². The number of ether oxygens (including phenoxy) is 1. The second-order valence-electron chi connectivity index (χ2n) is 4.24. The van der Waals surface area contributed by atoms with Crippen LogP contribution >= 0.6 is 11.3 Å². The second-order valence-corrected chi connectivity index (χ2v) is 5.27. The minimum atomic E-state index is -0.942. The number of hydrogen-bond donors (Lipinski definition) is 1. The number of carboxylic acid groups (broad SMARTS) is 1. The van der Waals surface area contributed by atoms with Gasteiger partial charge in [0.15, 0.2) is 0 Å². The van der Waals surface area contributed by atoms with E-state index in [1.807, 2.05) is 24.3 Å². The molecule has 0 aliphatic heterocycles. The average Bonchev–Trinajstić information content (AvgIpc) is 2.90. The molecule has 0 saturated carbocycles. The minimum Gasteiger partial charge on any atom is -0.497 e. The quantitative estimate of drug-likeness (QED) is 0.797. The Hall–Kier alpha value is -2.40. The van der Waals surface area contributed by atoms with Gasteiger partial charge in [-0.3, -0.25) is 0 Å². The Labute approximate surface area is 119 Å². The van der Waals surface area contributed by atoms with Gasteiger partial charge in [0.1, 0.15) is 10.8 Å². The number of fused-ring (bicyclic) bond motifs is 1. The lowest BCUT2D eigenvalue weighted by atomic mass is 10.2. The van der Waals surface area contributed by atoms with E-state index in [0.29, 0.717) is 5.52 Å². The number of hydrogen-bond acceptors (Lipinski definition) is 4. The molecule has 0 unspecified atom stereocenters. The highest BCUT2D eigenvalue weighted by Gasteiger charge is 2.10. The molecule has 0 aliphatic carbocycles. The summed E-state index contributed by atoms with van der Waals surface area (Å²) >= 11 is 1.53. The third-order valence-corrected chi connectivity index (χ3v) is 4.04. The van der Waals surface area contributed by atoms with E-state index in [2.05, 4.69) is 4.98 Å². The Morgan fingerprint density at radius 1 is 1.25 bits per heavy atom. The lowest BCUT2D eigenvalue weighted by Gasteiger charge is -2.00. The number of aromatic carboxylic acids is 1. The molecule has 2 aromatic carbocycles. The fourth-order valence-electron chi connectivity index (χ4n) is 1.94. The van der Waals surface area contributed by atoms with E-state index in [4.69, 9.17) is 9.84 Å². The zero-order valence-corrected chi connectivity index (χ0v) is 11.5. The smallest absolute Gasteiger partial charge is 0.335 e. The molecule has 1 N–H and O–H groups in total. The fraction of sp³-hybridized carbons (Fsp3) is 0.0667. The number of aromatic nitrogens is 1. The number of rotatable bonds is 3. The number of methoxy groups -OCH3 is 1. The van der Waals surface area contributed by atoms with Gasteiger partial charge < -0.3 is 9.84 Å². The number of benzene rings is 2. The van der Waals surface area contributed by atoms with Crippen LogP contribution in [0.25, 0.3) is 20.8 Å². The zero-order chi connectivity index (χ0) is 14.1. The SMILES string of the molecule is COc1cccc(-c2nc3cc(C(=O)O)ccc3s2)c1. The van der Waals surface area contributed by atoms with Crippen LogP contribution in [0, 0.1) is 0 Å². The van der Waals surface area contributed by atoms with E-state index in [1.54, 1.807) is 25.3 Å². The van der Waals surface area contributed by atoms with Crippen LogP contribution in [0.1, 0.15) is 10.4 Å². The summed E-state index contributed by atoms with van der Waals surface area (Å²) in [5.41, 5.74) is 1.91. The third-order valence-electron chi connectivity index (χ3n) is 2.95. The Morgan fingerprint density at radius 3 is 2.85 bits per heavy atom. The van der Waals surface area contributed by atoms with Crippen molar-refractivity contribution in [2.75, 3.05) is 7.11 Å². The molecule has 4 nitrogen and oxygen atoms in total. The summed E-state index contributed by atoms with van der Waals surface area (Å²) in [5.74, 6) is -0.171. The molecule has 0 amide bonds. The van der Waals surface area contributed by atoms with E-state index in [1.165, 1.54) is 11.3 Å². The number of carboxylic acids is 1. The molecule has 0 fully saturated rings. The highest BCUT2D eigenvalue weighted by molar-refractivity contribution is 7.21. The standard InChI is InChI=1S/C15H11NO3S/c1-19-11-4-2-3-9(7-11)14-16-12-8-10(15(17)18)5-6-13(12)20-14/h2-8H,1H3,(H,17,18). The molecule has 20 heavy (non-hydrogen) atoms. The normalized spacial score (nSPS) is 10.7. The molecular formula is C15H11NO3S. The van der Waals surface area contributed by atoms with Crippen LogP contribution < -0.4 is 4.74 Å². The van der Waals surface area contributed by atoms with Crippen molar-refractivity contribution in [1.82, 2.24) is 4.98 Å². The summed E-state index contributed by atoms with van der Waals surface area (Å²) in [6.07, 6.45) is 0. The Kier molecular flexibility index (Phi) is 3.12. The van der Waals surface area contributed by atoms with E-state index in [9.17, 15) is 4.79 Å². The van der Waals surface area contributed by atoms with Crippen LogP contribution in [0.15, 0.2) is 42.5 Å². The van der Waals surface area contributed by atoms with Gasteiger partial charge in [-0.2, -0.15) is 0 Å². The third kappa shape index (κ3) is 2.23. The Bertz CT molecular complexity index is 795. The number of nitrogens with zero attached hydrogens (tertiary/aromatic N) is 1. The molecule has 0 spiro atoms. The summed E-state index contributed by atoms with van der Waals surface area (Å²) in [6, 6.07) is 12.6. The van der Waals surface area contributed by atoms with Gasteiger partial charge in [-0.1, -0.05) is 12.1 Å². The van der Waals surface area contributed by atoms with Gasteiger partial charge in [0, 0.05) is 5.56 Å². The maximum absolute atomic E-state index is 11.0. The number of thiazole rings is 1. The summed E-state index contributed by atoms with van der Waals surface area (Å²) in [5, 5.41) is 9.84. The van der Waals surface area contributed by atoms with Gasteiger partial charge in [-0.05, 0) is 30.3 Å². The monoisotopic (exact) mass is 285 g/mol. The maximum atomic E-state index is 11.0. The second kappa shape index (κ2) is 4.94. The first kappa shape index (κ1) is 12.6. The number of carbonyl (C=O) groups is 1. The lowest BCUT2D eigenvalue weighted by Crippen LogP contribution is -1.94. The molecular weight excluding hydrogens is 274 g/mol. The van der Waals surface area contributed by atoms with Crippen molar-refractivity contribution in [3.8, 4) is 16.3 Å². The van der Waals surface area contributed by atoms with Crippen molar-refractivity contribution < 1.29 is 14.6 Å². The predicted octanol–water partition coefficient (Wildman–Crippen LogP) is 3.67. The zero-order valence-electron chi connectivity index (χ0n) is 10.7. The van der Waals surface area contributed by atoms with Crippen molar-refractivity contribution in [3.05, 3.63) is 48.0 Å². The first-order valence-corrected chi connectivity index (χ1v) is 6.77. The summed E-state index contributed by atoms with van der Waals surface area (Å²) in [6.45, 7) is 0. The molecule has 3 aromatic rings. The van der Waals surface area contributed by atoms with Gasteiger partial charge in [0.2, 0.25) is 0 Å². The first-order chi connectivity index (χ1) is 9.67. The van der Waals surface area contributed by atoms with Crippen LogP contribution in [-0.2, 0) is 0 Å². The molecule has 0 aliphatic rings. The molecule has 100 valence electrons. The molecule has 5 heteroatoms. The van der Waals surface area contributed by atoms with Gasteiger partial charge in [0.05, 0.1) is 22.9 Å². The van der Waals surface area contributed by atoms with Crippen LogP contribution in [-0.4, -0.2) is 23.2 Å². The van der Waals surface area contributed by atoms with Crippen molar-refractivity contribution in [2.45, 2.75) is 0 Å². The van der Waals surface area contributed by atoms with E-state index in [0.717, 1.165) is 21.0 Å². The predicted molar refractivity (Wildman–Crippen MR) is 78.6 cm³/mol. The van der Waals surface area contributed by atoms with E-state index >= 15 is 0 Å². The molecule has 0 bridgehead atoms. The lowest BCUT2D eigenvalue weighted by molar-refractivity contribution is 0.0697. The highest BCUT2D eigenvalue weighted by atomic mass is 32.1. The molecule has 3 rings (SSSR count). The molecule has 1 aromatic heterocycles. The van der Waals surface area contributed by atoms with Crippen LogP contribution in [0.5, 0.6) is 5.75 Å². The fourth-order valence-corrected chi connectivity index (χ4v) is 2.88. The minimum absolute atomic E-state index is 0.250. The molecule has 0 saturated heterocycles. The molecule has 0 atom stereocenters. The van der Waals surface area contributed by atoms with Crippen LogP contribution in [0.2, 0.25) is 0 Å². The van der Waals surface area contributed by atoms with E-state index < -0.39 is 5.97 Å². The van der Waals surface area contributed by atoms with Crippen molar-refractivity contribution >= 4 is 27.5 Å².